The molecule has 3 aromatic rings. The fourth-order valence-electron chi connectivity index (χ4n) is 4.09. The molecular weight excluding hydrogens is 312 g/mol. The first-order valence-electron chi connectivity index (χ1n) is 8.56. The standard InChI is InChI=1S/C22H16O3/c23-21-16-8-9-17(21)19(12-16)22(24)25-20-7-3-6-15-10-13-4-1-2-5-14(13)11-18(15)20/h1-11,16-17,19H,12H2. The first-order valence-corrected chi connectivity index (χ1v) is 8.56. The summed E-state index contributed by atoms with van der Waals surface area (Å²) in [5, 5.41) is 4.21. The van der Waals surface area contributed by atoms with Gasteiger partial charge in [0.05, 0.1) is 5.92 Å². The first kappa shape index (κ1) is 14.4. The van der Waals surface area contributed by atoms with Gasteiger partial charge in [-0.05, 0) is 40.8 Å². The molecule has 0 heterocycles. The molecule has 2 aliphatic rings. The number of rotatable bonds is 2. The lowest BCUT2D eigenvalue weighted by Gasteiger charge is -2.16. The van der Waals surface area contributed by atoms with Crippen molar-refractivity contribution < 1.29 is 14.3 Å². The highest BCUT2D eigenvalue weighted by Gasteiger charge is 2.47. The Hall–Kier alpha value is -2.94. The van der Waals surface area contributed by atoms with Crippen molar-refractivity contribution in [2.45, 2.75) is 6.42 Å². The third-order valence-electron chi connectivity index (χ3n) is 5.41. The van der Waals surface area contributed by atoms with E-state index in [9.17, 15) is 9.59 Å². The van der Waals surface area contributed by atoms with Gasteiger partial charge in [0.1, 0.15) is 11.5 Å². The Morgan fingerprint density at radius 1 is 0.920 bits per heavy atom. The second-order valence-corrected chi connectivity index (χ2v) is 6.86. The maximum absolute atomic E-state index is 12.6. The molecule has 2 aliphatic carbocycles. The molecule has 0 radical (unpaired) electrons. The van der Waals surface area contributed by atoms with Crippen molar-refractivity contribution in [3.63, 3.8) is 0 Å². The number of hydrogen-bond donors (Lipinski definition) is 0. The molecule has 3 nitrogen and oxygen atoms in total. The van der Waals surface area contributed by atoms with Crippen LogP contribution in [0.1, 0.15) is 6.42 Å². The lowest BCUT2D eigenvalue weighted by atomic mass is 9.94. The fourth-order valence-corrected chi connectivity index (χ4v) is 4.09. The SMILES string of the molecule is O=C1C2C=CC1C(C(=O)Oc1cccc3cc4ccccc4cc13)C2. The summed E-state index contributed by atoms with van der Waals surface area (Å²) < 4.78 is 5.74. The molecule has 0 aliphatic heterocycles. The summed E-state index contributed by atoms with van der Waals surface area (Å²) in [5.74, 6) is -0.324. The van der Waals surface area contributed by atoms with E-state index in [1.54, 1.807) is 0 Å². The average Bonchev–Trinajstić information content (AvgIpc) is 3.15. The molecule has 3 unspecified atom stereocenters. The minimum absolute atomic E-state index is 0.0981. The lowest BCUT2D eigenvalue weighted by Crippen LogP contribution is -2.25. The number of fused-ring (bicyclic) bond motifs is 4. The molecule has 1 fully saturated rings. The van der Waals surface area contributed by atoms with Gasteiger partial charge in [-0.2, -0.15) is 0 Å². The topological polar surface area (TPSA) is 43.4 Å². The number of benzene rings is 3. The van der Waals surface area contributed by atoms with Crippen LogP contribution in [-0.4, -0.2) is 11.8 Å². The minimum Gasteiger partial charge on any atom is -0.426 e. The Kier molecular flexibility index (Phi) is 3.04. The first-order chi connectivity index (χ1) is 12.2. The quantitative estimate of drug-likeness (QED) is 0.305. The number of Topliss-reactive ketones (excluding diaryl/α,β-unsaturated/α-hetero) is 1. The van der Waals surface area contributed by atoms with Gasteiger partial charge in [-0.25, -0.2) is 0 Å². The van der Waals surface area contributed by atoms with Crippen LogP contribution in [0.15, 0.2) is 66.7 Å². The molecule has 0 saturated heterocycles. The van der Waals surface area contributed by atoms with E-state index in [1.807, 2.05) is 48.6 Å². The molecule has 0 spiro atoms. The molecule has 3 aromatic carbocycles. The van der Waals surface area contributed by atoms with Crippen LogP contribution < -0.4 is 4.74 Å². The predicted molar refractivity (Wildman–Crippen MR) is 96.3 cm³/mol. The summed E-state index contributed by atoms with van der Waals surface area (Å²) >= 11 is 0. The van der Waals surface area contributed by atoms with Crippen molar-refractivity contribution in [1.82, 2.24) is 0 Å². The highest BCUT2D eigenvalue weighted by molar-refractivity contribution is 6.02. The Balaban J connectivity index is 1.52. The van der Waals surface area contributed by atoms with Gasteiger partial charge < -0.3 is 4.74 Å². The molecule has 3 atom stereocenters. The van der Waals surface area contributed by atoms with E-state index in [1.165, 1.54) is 0 Å². The number of allylic oxidation sites excluding steroid dienone is 2. The molecule has 0 N–H and O–H groups in total. The Bertz CT molecular complexity index is 1060. The average molecular weight is 328 g/mol. The molecule has 5 rings (SSSR count). The maximum atomic E-state index is 12.6. The van der Waals surface area contributed by atoms with Gasteiger partial charge in [-0.1, -0.05) is 48.6 Å². The summed E-state index contributed by atoms with van der Waals surface area (Å²) in [6, 6.07) is 18.0. The Labute approximate surface area is 144 Å². The van der Waals surface area contributed by atoms with Gasteiger partial charge in [0.25, 0.3) is 0 Å². The molecular formula is C22H16O3. The van der Waals surface area contributed by atoms with E-state index in [4.69, 9.17) is 4.74 Å². The molecule has 25 heavy (non-hydrogen) atoms. The molecule has 1 saturated carbocycles. The van der Waals surface area contributed by atoms with Crippen LogP contribution >= 0.6 is 0 Å². The number of carbonyl (C=O) groups is 2. The smallest absolute Gasteiger partial charge is 0.315 e. The van der Waals surface area contributed by atoms with Crippen molar-refractivity contribution in [3.8, 4) is 5.75 Å². The molecule has 0 aromatic heterocycles. The molecule has 0 amide bonds. The molecule has 2 bridgehead atoms. The second-order valence-electron chi connectivity index (χ2n) is 6.86. The Morgan fingerprint density at radius 2 is 1.68 bits per heavy atom. The van der Waals surface area contributed by atoms with E-state index in [2.05, 4.69) is 18.2 Å². The summed E-state index contributed by atoms with van der Waals surface area (Å²) in [4.78, 5) is 24.7. The van der Waals surface area contributed by atoms with Crippen molar-refractivity contribution in [3.05, 3.63) is 66.7 Å². The van der Waals surface area contributed by atoms with Gasteiger partial charge in [0, 0.05) is 17.2 Å². The van der Waals surface area contributed by atoms with E-state index < -0.39 is 0 Å². The van der Waals surface area contributed by atoms with Crippen LogP contribution in [0.3, 0.4) is 0 Å². The zero-order valence-corrected chi connectivity index (χ0v) is 13.5. The summed E-state index contributed by atoms with van der Waals surface area (Å²) in [7, 11) is 0. The van der Waals surface area contributed by atoms with Crippen molar-refractivity contribution in [2.24, 2.45) is 17.8 Å². The van der Waals surface area contributed by atoms with Gasteiger partial charge in [0.15, 0.2) is 0 Å². The van der Waals surface area contributed by atoms with Gasteiger partial charge >= 0.3 is 5.97 Å². The largest absolute Gasteiger partial charge is 0.426 e. The predicted octanol–water partition coefficient (Wildman–Crippen LogP) is 4.29. The van der Waals surface area contributed by atoms with Crippen LogP contribution in [0.4, 0.5) is 0 Å². The van der Waals surface area contributed by atoms with Crippen LogP contribution in [0.25, 0.3) is 21.5 Å². The van der Waals surface area contributed by atoms with E-state index in [-0.39, 0.29) is 29.5 Å². The molecule has 3 heteroatoms. The number of ketones is 1. The number of ether oxygens (including phenoxy) is 1. The molecule has 122 valence electrons. The van der Waals surface area contributed by atoms with Crippen LogP contribution in [0, 0.1) is 17.8 Å². The monoisotopic (exact) mass is 328 g/mol. The zero-order valence-electron chi connectivity index (χ0n) is 13.5. The maximum Gasteiger partial charge on any atom is 0.315 e. The normalized spacial score (nSPS) is 24.3. The van der Waals surface area contributed by atoms with Crippen LogP contribution in [-0.2, 0) is 9.59 Å². The van der Waals surface area contributed by atoms with Crippen LogP contribution in [0.2, 0.25) is 0 Å². The van der Waals surface area contributed by atoms with E-state index in [0.29, 0.717) is 12.2 Å². The van der Waals surface area contributed by atoms with Crippen molar-refractivity contribution in [1.29, 1.82) is 0 Å². The van der Waals surface area contributed by atoms with E-state index >= 15 is 0 Å². The summed E-state index contributed by atoms with van der Waals surface area (Å²) in [5.41, 5.74) is 0. The highest BCUT2D eigenvalue weighted by Crippen LogP contribution is 2.41. The van der Waals surface area contributed by atoms with Gasteiger partial charge in [-0.15, -0.1) is 0 Å². The third kappa shape index (κ3) is 2.19. The summed E-state index contributed by atoms with van der Waals surface area (Å²) in [6.45, 7) is 0. The number of hydrogen-bond acceptors (Lipinski definition) is 3. The minimum atomic E-state index is -0.349. The van der Waals surface area contributed by atoms with Crippen molar-refractivity contribution >= 4 is 33.3 Å². The lowest BCUT2D eigenvalue weighted by molar-refractivity contribution is -0.140. The third-order valence-corrected chi connectivity index (χ3v) is 5.41. The Morgan fingerprint density at radius 3 is 2.40 bits per heavy atom. The number of carbonyl (C=O) groups excluding carboxylic acids is 2. The van der Waals surface area contributed by atoms with Crippen LogP contribution in [0.5, 0.6) is 5.75 Å². The fraction of sp³-hybridized carbons (Fsp3) is 0.182. The van der Waals surface area contributed by atoms with Gasteiger partial charge in [0.2, 0.25) is 0 Å². The summed E-state index contributed by atoms with van der Waals surface area (Å²) in [6.07, 6.45) is 4.35. The van der Waals surface area contributed by atoms with E-state index in [0.717, 1.165) is 21.5 Å². The second kappa shape index (κ2) is 5.28. The zero-order chi connectivity index (χ0) is 17.0. The number of esters is 1. The highest BCUT2D eigenvalue weighted by atomic mass is 16.5. The van der Waals surface area contributed by atoms with Crippen molar-refractivity contribution in [2.75, 3.05) is 0 Å². The van der Waals surface area contributed by atoms with Gasteiger partial charge in [-0.3, -0.25) is 9.59 Å².